The molecule has 4 fully saturated rings. The molecule has 148 valence electrons. The highest BCUT2D eigenvalue weighted by Crippen LogP contribution is 2.53. The van der Waals surface area contributed by atoms with Crippen LogP contribution >= 0.6 is 11.6 Å². The normalized spacial score (nSPS) is 30.5. The summed E-state index contributed by atoms with van der Waals surface area (Å²) in [7, 11) is 0. The Morgan fingerprint density at radius 2 is 1.61 bits per heavy atom. The Kier molecular flexibility index (Phi) is 5.34. The van der Waals surface area contributed by atoms with Gasteiger partial charge in [0.15, 0.2) is 0 Å². The van der Waals surface area contributed by atoms with Gasteiger partial charge in [0.1, 0.15) is 5.75 Å². The van der Waals surface area contributed by atoms with Crippen LogP contribution in [0.4, 0.5) is 0 Å². The first-order valence-electron chi connectivity index (χ1n) is 11.0. The monoisotopic (exact) mass is 395 g/mol. The third-order valence-electron chi connectivity index (χ3n) is 7.21. The van der Waals surface area contributed by atoms with E-state index in [1.807, 2.05) is 24.3 Å². The van der Waals surface area contributed by atoms with E-state index in [1.165, 1.54) is 32.1 Å². The van der Waals surface area contributed by atoms with Crippen LogP contribution in [0.3, 0.4) is 0 Å². The SMILES string of the molecule is Clc1ccc(OCCCNC2C3CC4CC(C3)CC2C4)c(-c2ccccc2)c1. The van der Waals surface area contributed by atoms with Gasteiger partial charge in [0.2, 0.25) is 0 Å². The predicted octanol–water partition coefficient (Wildman–Crippen LogP) is 6.19. The van der Waals surface area contributed by atoms with Gasteiger partial charge in [0.05, 0.1) is 6.61 Å². The fourth-order valence-electron chi connectivity index (χ4n) is 6.25. The summed E-state index contributed by atoms with van der Waals surface area (Å²) in [6.07, 6.45) is 8.48. The summed E-state index contributed by atoms with van der Waals surface area (Å²) in [6, 6.07) is 17.0. The quantitative estimate of drug-likeness (QED) is 0.564. The first-order chi connectivity index (χ1) is 13.8. The highest BCUT2D eigenvalue weighted by molar-refractivity contribution is 6.31. The number of rotatable bonds is 7. The maximum Gasteiger partial charge on any atom is 0.127 e. The summed E-state index contributed by atoms with van der Waals surface area (Å²) >= 11 is 6.23. The van der Waals surface area contributed by atoms with Gasteiger partial charge in [-0.15, -0.1) is 0 Å². The van der Waals surface area contributed by atoms with Gasteiger partial charge in [-0.25, -0.2) is 0 Å². The Labute approximate surface area is 173 Å². The molecule has 3 heteroatoms. The fraction of sp³-hybridized carbons (Fsp3) is 0.520. The molecule has 0 radical (unpaired) electrons. The molecule has 4 bridgehead atoms. The summed E-state index contributed by atoms with van der Waals surface area (Å²) in [5.74, 6) is 4.90. The molecule has 6 rings (SSSR count). The molecule has 0 aliphatic heterocycles. The number of benzene rings is 2. The van der Waals surface area contributed by atoms with E-state index in [4.69, 9.17) is 16.3 Å². The van der Waals surface area contributed by atoms with Crippen molar-refractivity contribution >= 4 is 11.6 Å². The summed E-state index contributed by atoms with van der Waals surface area (Å²) < 4.78 is 6.16. The fourth-order valence-corrected chi connectivity index (χ4v) is 6.42. The van der Waals surface area contributed by atoms with E-state index in [1.54, 1.807) is 0 Å². The van der Waals surface area contributed by atoms with E-state index < -0.39 is 0 Å². The van der Waals surface area contributed by atoms with Crippen LogP contribution in [0.5, 0.6) is 5.75 Å². The average Bonchev–Trinajstić information content (AvgIpc) is 2.70. The smallest absolute Gasteiger partial charge is 0.127 e. The summed E-state index contributed by atoms with van der Waals surface area (Å²) in [6.45, 7) is 1.79. The zero-order valence-electron chi connectivity index (χ0n) is 16.4. The molecule has 4 saturated carbocycles. The second-order valence-electron chi connectivity index (χ2n) is 9.12. The second-order valence-corrected chi connectivity index (χ2v) is 9.56. The molecule has 1 N–H and O–H groups in total. The lowest BCUT2D eigenvalue weighted by molar-refractivity contribution is -0.0137. The molecule has 0 aromatic heterocycles. The Hall–Kier alpha value is -1.51. The van der Waals surface area contributed by atoms with Crippen LogP contribution in [0.25, 0.3) is 11.1 Å². The lowest BCUT2D eigenvalue weighted by Crippen LogP contribution is -2.54. The highest BCUT2D eigenvalue weighted by Gasteiger charge is 2.47. The summed E-state index contributed by atoms with van der Waals surface area (Å²) in [5.41, 5.74) is 2.22. The zero-order chi connectivity index (χ0) is 18.9. The molecule has 0 amide bonds. The second kappa shape index (κ2) is 8.08. The van der Waals surface area contributed by atoms with Crippen molar-refractivity contribution in [3.63, 3.8) is 0 Å². The van der Waals surface area contributed by atoms with Crippen LogP contribution in [-0.2, 0) is 0 Å². The Morgan fingerprint density at radius 1 is 0.893 bits per heavy atom. The summed E-state index contributed by atoms with van der Waals surface area (Å²) in [5, 5.41) is 4.65. The van der Waals surface area contributed by atoms with Crippen molar-refractivity contribution in [2.24, 2.45) is 23.7 Å². The van der Waals surface area contributed by atoms with Crippen molar-refractivity contribution in [2.45, 2.75) is 44.6 Å². The number of hydrogen-bond donors (Lipinski definition) is 1. The first-order valence-corrected chi connectivity index (χ1v) is 11.3. The van der Waals surface area contributed by atoms with Gasteiger partial charge in [-0.05, 0) is 92.5 Å². The van der Waals surface area contributed by atoms with Crippen LogP contribution in [0.2, 0.25) is 5.02 Å². The third kappa shape index (κ3) is 3.82. The lowest BCUT2D eigenvalue weighted by Gasteiger charge is -2.54. The highest BCUT2D eigenvalue weighted by atomic mass is 35.5. The Balaban J connectivity index is 1.14. The van der Waals surface area contributed by atoms with Crippen LogP contribution in [0.1, 0.15) is 38.5 Å². The van der Waals surface area contributed by atoms with Gasteiger partial charge in [0.25, 0.3) is 0 Å². The van der Waals surface area contributed by atoms with Crippen LogP contribution in [0.15, 0.2) is 48.5 Å². The van der Waals surface area contributed by atoms with E-state index in [-0.39, 0.29) is 0 Å². The standard InChI is InChI=1S/C25H30ClNO/c26-22-7-8-24(23(16-22)19-5-2-1-3-6-19)28-10-4-9-27-25-20-12-17-11-18(14-20)15-21(25)13-17/h1-3,5-8,16-18,20-21,25,27H,4,9-15H2. The summed E-state index contributed by atoms with van der Waals surface area (Å²) in [4.78, 5) is 0. The van der Waals surface area contributed by atoms with Gasteiger partial charge in [0, 0.05) is 16.6 Å². The molecular formula is C25H30ClNO. The largest absolute Gasteiger partial charge is 0.493 e. The van der Waals surface area contributed by atoms with E-state index in [0.29, 0.717) is 0 Å². The maximum atomic E-state index is 6.23. The molecule has 2 nitrogen and oxygen atoms in total. The molecule has 0 saturated heterocycles. The number of ether oxygens (including phenoxy) is 1. The Morgan fingerprint density at radius 3 is 2.32 bits per heavy atom. The van der Waals surface area contributed by atoms with E-state index in [2.05, 4.69) is 29.6 Å². The molecule has 4 aliphatic rings. The van der Waals surface area contributed by atoms with E-state index in [9.17, 15) is 0 Å². The van der Waals surface area contributed by atoms with Crippen LogP contribution < -0.4 is 10.1 Å². The number of nitrogens with one attached hydrogen (secondary N) is 1. The molecule has 0 atom stereocenters. The number of halogens is 1. The molecule has 0 heterocycles. The van der Waals surface area contributed by atoms with Gasteiger partial charge in [-0.2, -0.15) is 0 Å². The molecule has 2 aromatic carbocycles. The van der Waals surface area contributed by atoms with Gasteiger partial charge in [-0.1, -0.05) is 41.9 Å². The van der Waals surface area contributed by atoms with Crippen molar-refractivity contribution in [2.75, 3.05) is 13.2 Å². The molecule has 4 aliphatic carbocycles. The van der Waals surface area contributed by atoms with Crippen molar-refractivity contribution < 1.29 is 4.74 Å². The van der Waals surface area contributed by atoms with Gasteiger partial charge >= 0.3 is 0 Å². The minimum Gasteiger partial charge on any atom is -0.493 e. The van der Waals surface area contributed by atoms with Crippen LogP contribution in [0, 0.1) is 23.7 Å². The van der Waals surface area contributed by atoms with Crippen LogP contribution in [-0.4, -0.2) is 19.2 Å². The van der Waals surface area contributed by atoms with Gasteiger partial charge < -0.3 is 10.1 Å². The topological polar surface area (TPSA) is 21.3 Å². The molecule has 0 spiro atoms. The molecule has 28 heavy (non-hydrogen) atoms. The van der Waals surface area contributed by atoms with Crippen molar-refractivity contribution in [1.82, 2.24) is 5.32 Å². The third-order valence-corrected chi connectivity index (χ3v) is 7.45. The molecular weight excluding hydrogens is 366 g/mol. The predicted molar refractivity (Wildman–Crippen MR) is 116 cm³/mol. The minimum atomic E-state index is 0.738. The molecule has 2 aromatic rings. The lowest BCUT2D eigenvalue weighted by atomic mass is 9.54. The van der Waals surface area contributed by atoms with Crippen molar-refractivity contribution in [3.8, 4) is 16.9 Å². The van der Waals surface area contributed by atoms with E-state index in [0.717, 1.165) is 71.2 Å². The Bertz CT molecular complexity index is 777. The zero-order valence-corrected chi connectivity index (χ0v) is 17.2. The van der Waals surface area contributed by atoms with Gasteiger partial charge in [-0.3, -0.25) is 0 Å². The average molecular weight is 396 g/mol. The molecule has 0 unspecified atom stereocenters. The van der Waals surface area contributed by atoms with Crippen molar-refractivity contribution in [1.29, 1.82) is 0 Å². The first kappa shape index (κ1) is 18.5. The minimum absolute atomic E-state index is 0.738. The maximum absolute atomic E-state index is 6.23. The number of hydrogen-bond acceptors (Lipinski definition) is 2. The van der Waals surface area contributed by atoms with Crippen molar-refractivity contribution in [3.05, 3.63) is 53.6 Å². The van der Waals surface area contributed by atoms with E-state index >= 15 is 0 Å².